The van der Waals surface area contributed by atoms with Crippen LogP contribution in [0.3, 0.4) is 0 Å². The van der Waals surface area contributed by atoms with E-state index in [1.807, 2.05) is 37.5 Å². The lowest BCUT2D eigenvalue weighted by Crippen LogP contribution is -2.49. The summed E-state index contributed by atoms with van der Waals surface area (Å²) in [4.78, 5) is 24.3. The van der Waals surface area contributed by atoms with Gasteiger partial charge in [0.1, 0.15) is 17.2 Å². The molecule has 6 rings (SSSR count). The standard InChI is InChI=1S/C28H26FN9O/c1-36-18-20(16-33-36)7-6-19-10-13-31-26(14-19)37(22-4-2-11-30-17-22)28(39)23-9-8-21(15-24(23)29)38-27-25(34-35-38)5-3-12-32-27/h3,5-10,12-16,18,22,30H,2,4,11,17H2,1H3/b7-6+/t22-/m1/s1. The van der Waals surface area contributed by atoms with Gasteiger partial charge in [0.2, 0.25) is 0 Å². The molecular formula is C28H26FN9O. The quantitative estimate of drug-likeness (QED) is 0.362. The molecule has 10 nitrogen and oxygen atoms in total. The predicted molar refractivity (Wildman–Crippen MR) is 146 cm³/mol. The number of hydrogen-bond donors (Lipinski definition) is 1. The topological polar surface area (TPSA) is 107 Å². The second kappa shape index (κ2) is 10.5. The fraction of sp³-hybridized carbons (Fsp3) is 0.214. The molecule has 0 unspecified atom stereocenters. The third-order valence-corrected chi connectivity index (χ3v) is 6.70. The SMILES string of the molecule is Cn1cc(/C=C/c2ccnc(N(C(=O)c3ccc(-n4nnc5cccnc54)cc3F)[C@@H]3CCCNC3)c2)cn1. The van der Waals surface area contributed by atoms with E-state index in [1.54, 1.807) is 46.4 Å². The number of amides is 1. The highest BCUT2D eigenvalue weighted by Gasteiger charge is 2.30. The normalized spacial score (nSPS) is 15.7. The number of piperidine rings is 1. The van der Waals surface area contributed by atoms with E-state index >= 15 is 4.39 Å². The fourth-order valence-corrected chi connectivity index (χ4v) is 4.78. The molecule has 0 radical (unpaired) electrons. The predicted octanol–water partition coefficient (Wildman–Crippen LogP) is 3.65. The van der Waals surface area contributed by atoms with E-state index in [2.05, 4.69) is 30.7 Å². The molecule has 196 valence electrons. The van der Waals surface area contributed by atoms with Gasteiger partial charge < -0.3 is 5.32 Å². The second-order valence-corrected chi connectivity index (χ2v) is 9.41. The van der Waals surface area contributed by atoms with Crippen molar-refractivity contribution >= 4 is 35.0 Å². The van der Waals surface area contributed by atoms with Gasteiger partial charge in [0.15, 0.2) is 5.65 Å². The molecule has 1 saturated heterocycles. The van der Waals surface area contributed by atoms with Crippen LogP contribution in [0.4, 0.5) is 10.2 Å². The molecule has 0 bridgehead atoms. The number of pyridine rings is 2. The summed E-state index contributed by atoms with van der Waals surface area (Å²) in [7, 11) is 1.86. The summed E-state index contributed by atoms with van der Waals surface area (Å²) in [6.45, 7) is 1.47. The van der Waals surface area contributed by atoms with Gasteiger partial charge in [-0.2, -0.15) is 9.78 Å². The molecule has 5 aromatic rings. The molecule has 1 aliphatic heterocycles. The molecule has 39 heavy (non-hydrogen) atoms. The van der Waals surface area contributed by atoms with E-state index in [0.29, 0.717) is 29.2 Å². The van der Waals surface area contributed by atoms with Crippen LogP contribution in [0.25, 0.3) is 29.0 Å². The van der Waals surface area contributed by atoms with Gasteiger partial charge in [0, 0.05) is 43.8 Å². The van der Waals surface area contributed by atoms with E-state index < -0.39 is 11.7 Å². The van der Waals surface area contributed by atoms with E-state index in [0.717, 1.165) is 30.5 Å². The van der Waals surface area contributed by atoms with Crippen LogP contribution in [0.1, 0.15) is 34.3 Å². The average molecular weight is 524 g/mol. The first-order valence-electron chi connectivity index (χ1n) is 12.7. The first kappa shape index (κ1) is 24.6. The highest BCUT2D eigenvalue weighted by molar-refractivity contribution is 6.06. The number of nitrogens with one attached hydrogen (secondary N) is 1. The monoisotopic (exact) mass is 523 g/mol. The van der Waals surface area contributed by atoms with Crippen molar-refractivity contribution in [3.8, 4) is 5.69 Å². The van der Waals surface area contributed by atoms with Gasteiger partial charge in [0.05, 0.1) is 23.5 Å². The summed E-state index contributed by atoms with van der Waals surface area (Å²) in [6.07, 6.45) is 12.5. The molecular weight excluding hydrogens is 497 g/mol. The summed E-state index contributed by atoms with van der Waals surface area (Å²) in [5.41, 5.74) is 3.31. The van der Waals surface area contributed by atoms with Gasteiger partial charge in [-0.05, 0) is 61.3 Å². The molecule has 0 spiro atoms. The Balaban J connectivity index is 1.33. The van der Waals surface area contributed by atoms with Crippen LogP contribution >= 0.6 is 0 Å². The lowest BCUT2D eigenvalue weighted by atomic mass is 10.0. The average Bonchev–Trinajstić information content (AvgIpc) is 3.59. The van der Waals surface area contributed by atoms with Crippen molar-refractivity contribution in [1.82, 2.24) is 40.1 Å². The number of hydrogen-bond acceptors (Lipinski definition) is 7. The number of fused-ring (bicyclic) bond motifs is 1. The van der Waals surface area contributed by atoms with Crippen molar-refractivity contribution in [2.24, 2.45) is 7.05 Å². The summed E-state index contributed by atoms with van der Waals surface area (Å²) < 4.78 is 18.7. The van der Waals surface area contributed by atoms with Crippen molar-refractivity contribution in [3.05, 3.63) is 89.8 Å². The number of benzene rings is 1. The minimum atomic E-state index is -0.654. The largest absolute Gasteiger partial charge is 0.315 e. The summed E-state index contributed by atoms with van der Waals surface area (Å²) in [5, 5.41) is 15.7. The number of anilines is 1. The summed E-state index contributed by atoms with van der Waals surface area (Å²) >= 11 is 0. The lowest BCUT2D eigenvalue weighted by Gasteiger charge is -2.34. The summed E-state index contributed by atoms with van der Waals surface area (Å²) in [6, 6.07) is 11.5. The molecule has 1 fully saturated rings. The van der Waals surface area contributed by atoms with Crippen LogP contribution < -0.4 is 10.2 Å². The molecule has 1 aromatic carbocycles. The Kier molecular flexibility index (Phi) is 6.64. The van der Waals surface area contributed by atoms with Crippen molar-refractivity contribution in [1.29, 1.82) is 0 Å². The Labute approximate surface area is 223 Å². The zero-order chi connectivity index (χ0) is 26.8. The molecule has 5 heterocycles. The smallest absolute Gasteiger partial charge is 0.262 e. The van der Waals surface area contributed by atoms with E-state index in [4.69, 9.17) is 0 Å². The summed E-state index contributed by atoms with van der Waals surface area (Å²) in [5.74, 6) is -0.634. The number of carbonyl (C=O) groups excluding carboxylic acids is 1. The van der Waals surface area contributed by atoms with Gasteiger partial charge >= 0.3 is 0 Å². The second-order valence-electron chi connectivity index (χ2n) is 9.41. The van der Waals surface area contributed by atoms with Crippen molar-refractivity contribution in [2.75, 3.05) is 18.0 Å². The molecule has 0 saturated carbocycles. The zero-order valence-electron chi connectivity index (χ0n) is 21.3. The molecule has 0 aliphatic carbocycles. The number of aromatic nitrogens is 7. The van der Waals surface area contributed by atoms with Crippen LogP contribution in [0.15, 0.2) is 67.3 Å². The maximum absolute atomic E-state index is 15.5. The van der Waals surface area contributed by atoms with E-state index in [-0.39, 0.29) is 11.6 Å². The van der Waals surface area contributed by atoms with Gasteiger partial charge in [-0.3, -0.25) is 14.4 Å². The first-order valence-corrected chi connectivity index (χ1v) is 12.7. The van der Waals surface area contributed by atoms with Crippen LogP contribution in [0, 0.1) is 5.82 Å². The highest BCUT2D eigenvalue weighted by atomic mass is 19.1. The Morgan fingerprint density at radius 3 is 2.82 bits per heavy atom. The third kappa shape index (κ3) is 5.04. The molecule has 11 heteroatoms. The number of nitrogens with zero attached hydrogens (tertiary/aromatic N) is 8. The maximum Gasteiger partial charge on any atom is 0.262 e. The fourth-order valence-electron chi connectivity index (χ4n) is 4.78. The van der Waals surface area contributed by atoms with Crippen LogP contribution in [0.2, 0.25) is 0 Å². The molecule has 1 aliphatic rings. The van der Waals surface area contributed by atoms with Crippen molar-refractivity contribution in [3.63, 3.8) is 0 Å². The van der Waals surface area contributed by atoms with Gasteiger partial charge in [-0.15, -0.1) is 5.10 Å². The van der Waals surface area contributed by atoms with E-state index in [1.165, 1.54) is 16.8 Å². The number of aryl methyl sites for hydroxylation is 1. The first-order chi connectivity index (χ1) is 19.1. The van der Waals surface area contributed by atoms with Crippen LogP contribution in [0.5, 0.6) is 0 Å². The lowest BCUT2D eigenvalue weighted by molar-refractivity contribution is 0.0967. The molecule has 1 atom stereocenters. The van der Waals surface area contributed by atoms with E-state index in [9.17, 15) is 4.79 Å². The highest BCUT2D eigenvalue weighted by Crippen LogP contribution is 2.25. The Morgan fingerprint density at radius 2 is 2.03 bits per heavy atom. The van der Waals surface area contributed by atoms with Crippen LogP contribution in [-0.2, 0) is 7.05 Å². The van der Waals surface area contributed by atoms with Gasteiger partial charge in [-0.1, -0.05) is 17.4 Å². The minimum Gasteiger partial charge on any atom is -0.315 e. The van der Waals surface area contributed by atoms with Crippen molar-refractivity contribution in [2.45, 2.75) is 18.9 Å². The molecule has 1 N–H and O–H groups in total. The maximum atomic E-state index is 15.5. The number of halogens is 1. The molecule has 1 amide bonds. The number of rotatable bonds is 6. The number of carbonyl (C=O) groups is 1. The zero-order valence-corrected chi connectivity index (χ0v) is 21.3. The Bertz CT molecular complexity index is 1670. The Hall–Kier alpha value is -4.77. The minimum absolute atomic E-state index is 0.0418. The van der Waals surface area contributed by atoms with Crippen molar-refractivity contribution < 1.29 is 9.18 Å². The van der Waals surface area contributed by atoms with Gasteiger partial charge in [-0.25, -0.2) is 14.4 Å². The molecule has 4 aromatic heterocycles. The Morgan fingerprint density at radius 1 is 1.13 bits per heavy atom. The van der Waals surface area contributed by atoms with Crippen LogP contribution in [-0.4, -0.2) is 59.8 Å². The van der Waals surface area contributed by atoms with Gasteiger partial charge in [0.25, 0.3) is 5.91 Å². The third-order valence-electron chi connectivity index (χ3n) is 6.70.